The Hall–Kier alpha value is -2.05. The Kier molecular flexibility index (Phi) is 4.05. The fourth-order valence-corrected chi connectivity index (χ4v) is 4.80. The third-order valence-corrected chi connectivity index (χ3v) is 6.28. The molecule has 3 rings (SSSR count). The van der Waals surface area contributed by atoms with Crippen LogP contribution in [-0.4, -0.2) is 27.2 Å². The van der Waals surface area contributed by atoms with Crippen molar-refractivity contribution < 1.29 is 18.3 Å². The standard InChI is InChI=1S/C18H21NO4S/c1-13-8-9-16(23-3)17(12-13)24(21,22)19-11-10-18(2,20)14-6-4-5-7-15(14)19/h4-9,12,20H,10-11H2,1-3H3. The molecular weight excluding hydrogens is 326 g/mol. The first-order valence-corrected chi connectivity index (χ1v) is 9.20. The van der Waals surface area contributed by atoms with Crippen molar-refractivity contribution in [3.8, 4) is 5.75 Å². The lowest BCUT2D eigenvalue weighted by Gasteiger charge is -2.38. The van der Waals surface area contributed by atoms with Crippen LogP contribution in [0.1, 0.15) is 24.5 Å². The highest BCUT2D eigenvalue weighted by molar-refractivity contribution is 7.93. The zero-order valence-corrected chi connectivity index (χ0v) is 14.8. The number of sulfonamides is 1. The molecule has 0 spiro atoms. The number of aryl methyl sites for hydroxylation is 1. The molecule has 1 N–H and O–H groups in total. The van der Waals surface area contributed by atoms with Crippen molar-refractivity contribution in [1.82, 2.24) is 0 Å². The van der Waals surface area contributed by atoms with Gasteiger partial charge in [0.25, 0.3) is 10.0 Å². The average molecular weight is 347 g/mol. The molecule has 1 aliphatic heterocycles. The zero-order valence-electron chi connectivity index (χ0n) is 14.0. The summed E-state index contributed by atoms with van der Waals surface area (Å²) in [7, 11) is -2.34. The first kappa shape index (κ1) is 16.8. The summed E-state index contributed by atoms with van der Waals surface area (Å²) in [4.78, 5) is 0.140. The maximum absolute atomic E-state index is 13.3. The summed E-state index contributed by atoms with van der Waals surface area (Å²) in [6.45, 7) is 3.76. The monoisotopic (exact) mass is 347 g/mol. The predicted molar refractivity (Wildman–Crippen MR) is 92.9 cm³/mol. The molecule has 0 radical (unpaired) electrons. The number of hydrogen-bond donors (Lipinski definition) is 1. The van der Waals surface area contributed by atoms with Gasteiger partial charge in [-0.05, 0) is 44.0 Å². The van der Waals surface area contributed by atoms with Gasteiger partial charge in [0.1, 0.15) is 10.6 Å². The molecule has 5 nitrogen and oxygen atoms in total. The van der Waals surface area contributed by atoms with Crippen LogP contribution in [0.3, 0.4) is 0 Å². The van der Waals surface area contributed by atoms with Gasteiger partial charge in [-0.2, -0.15) is 0 Å². The third-order valence-electron chi connectivity index (χ3n) is 4.44. The van der Waals surface area contributed by atoms with Crippen LogP contribution in [0.15, 0.2) is 47.4 Å². The van der Waals surface area contributed by atoms with Crippen LogP contribution in [0.25, 0.3) is 0 Å². The average Bonchev–Trinajstić information content (AvgIpc) is 2.54. The van der Waals surface area contributed by atoms with Crippen LogP contribution < -0.4 is 9.04 Å². The van der Waals surface area contributed by atoms with E-state index in [-0.39, 0.29) is 11.4 Å². The SMILES string of the molecule is COc1ccc(C)cc1S(=O)(=O)N1CCC(C)(O)c2ccccc21. The van der Waals surface area contributed by atoms with E-state index in [1.165, 1.54) is 11.4 Å². The molecule has 1 heterocycles. The van der Waals surface area contributed by atoms with Crippen LogP contribution in [0.2, 0.25) is 0 Å². The molecule has 0 fully saturated rings. The molecular formula is C18H21NO4S. The quantitative estimate of drug-likeness (QED) is 0.927. The number of fused-ring (bicyclic) bond motifs is 1. The number of para-hydroxylation sites is 1. The van der Waals surface area contributed by atoms with E-state index in [1.54, 1.807) is 43.3 Å². The van der Waals surface area contributed by atoms with Crippen molar-refractivity contribution in [2.75, 3.05) is 18.0 Å². The molecule has 2 aromatic rings. The summed E-state index contributed by atoms with van der Waals surface area (Å²) in [6, 6.07) is 12.2. The maximum atomic E-state index is 13.3. The first-order chi connectivity index (χ1) is 11.3. The number of nitrogens with zero attached hydrogens (tertiary/aromatic N) is 1. The minimum atomic E-state index is -3.79. The number of benzene rings is 2. The van der Waals surface area contributed by atoms with Crippen molar-refractivity contribution in [1.29, 1.82) is 0 Å². The van der Waals surface area contributed by atoms with Crippen molar-refractivity contribution in [3.05, 3.63) is 53.6 Å². The van der Waals surface area contributed by atoms with E-state index < -0.39 is 15.6 Å². The molecule has 128 valence electrons. The lowest BCUT2D eigenvalue weighted by Crippen LogP contribution is -2.42. The highest BCUT2D eigenvalue weighted by Gasteiger charge is 2.39. The van der Waals surface area contributed by atoms with Crippen LogP contribution in [0, 0.1) is 6.92 Å². The van der Waals surface area contributed by atoms with E-state index in [9.17, 15) is 13.5 Å². The van der Waals surface area contributed by atoms with Gasteiger partial charge in [-0.25, -0.2) is 8.42 Å². The van der Waals surface area contributed by atoms with E-state index in [1.807, 2.05) is 13.0 Å². The van der Waals surface area contributed by atoms with Gasteiger partial charge in [0, 0.05) is 12.1 Å². The largest absolute Gasteiger partial charge is 0.495 e. The van der Waals surface area contributed by atoms with Gasteiger partial charge < -0.3 is 9.84 Å². The molecule has 1 atom stereocenters. The minimum absolute atomic E-state index is 0.140. The van der Waals surface area contributed by atoms with E-state index in [2.05, 4.69) is 0 Å². The van der Waals surface area contributed by atoms with Gasteiger partial charge >= 0.3 is 0 Å². The molecule has 1 unspecified atom stereocenters. The molecule has 0 aromatic heterocycles. The van der Waals surface area contributed by atoms with Crippen LogP contribution in [0.4, 0.5) is 5.69 Å². The van der Waals surface area contributed by atoms with Crippen molar-refractivity contribution in [2.24, 2.45) is 0 Å². The fourth-order valence-electron chi connectivity index (χ4n) is 3.07. The van der Waals surface area contributed by atoms with E-state index >= 15 is 0 Å². The van der Waals surface area contributed by atoms with Crippen LogP contribution in [0.5, 0.6) is 5.75 Å². The molecule has 0 bridgehead atoms. The Labute approximate surface area is 142 Å². The molecule has 1 aliphatic rings. The lowest BCUT2D eigenvalue weighted by molar-refractivity contribution is 0.0472. The summed E-state index contributed by atoms with van der Waals surface area (Å²) in [5.41, 5.74) is 0.926. The Balaban J connectivity index is 2.17. The van der Waals surface area contributed by atoms with Crippen molar-refractivity contribution in [2.45, 2.75) is 30.8 Å². The molecule has 2 aromatic carbocycles. The van der Waals surface area contributed by atoms with Crippen LogP contribution >= 0.6 is 0 Å². The Bertz CT molecular complexity index is 874. The smallest absolute Gasteiger partial charge is 0.268 e. The Morgan fingerprint density at radius 1 is 1.21 bits per heavy atom. The number of rotatable bonds is 3. The van der Waals surface area contributed by atoms with Gasteiger partial charge in [0.2, 0.25) is 0 Å². The van der Waals surface area contributed by atoms with Gasteiger partial charge in [0.15, 0.2) is 0 Å². The Morgan fingerprint density at radius 3 is 2.62 bits per heavy atom. The van der Waals surface area contributed by atoms with Gasteiger partial charge in [-0.1, -0.05) is 24.3 Å². The number of anilines is 1. The van der Waals surface area contributed by atoms with Crippen LogP contribution in [-0.2, 0) is 15.6 Å². The summed E-state index contributed by atoms with van der Waals surface area (Å²) >= 11 is 0. The van der Waals surface area contributed by atoms with Gasteiger partial charge in [-0.15, -0.1) is 0 Å². The first-order valence-electron chi connectivity index (χ1n) is 7.76. The van der Waals surface area contributed by atoms with Crippen molar-refractivity contribution >= 4 is 15.7 Å². The second-order valence-electron chi connectivity index (χ2n) is 6.27. The summed E-state index contributed by atoms with van der Waals surface area (Å²) < 4.78 is 33.1. The van der Waals surface area contributed by atoms with E-state index in [4.69, 9.17) is 4.74 Å². The third kappa shape index (κ3) is 2.65. The Morgan fingerprint density at radius 2 is 1.92 bits per heavy atom. The molecule has 24 heavy (non-hydrogen) atoms. The highest BCUT2D eigenvalue weighted by Crippen LogP contribution is 2.41. The topological polar surface area (TPSA) is 66.8 Å². The summed E-state index contributed by atoms with van der Waals surface area (Å²) in [5, 5.41) is 10.6. The number of ether oxygens (including phenoxy) is 1. The zero-order chi connectivity index (χ0) is 17.5. The summed E-state index contributed by atoms with van der Waals surface area (Å²) in [5.74, 6) is 0.315. The molecule has 0 amide bonds. The second kappa shape index (κ2) is 5.79. The maximum Gasteiger partial charge on any atom is 0.268 e. The lowest BCUT2D eigenvalue weighted by atomic mass is 9.88. The number of hydrogen-bond acceptors (Lipinski definition) is 4. The van der Waals surface area contributed by atoms with Gasteiger partial charge in [-0.3, -0.25) is 4.31 Å². The molecule has 0 saturated carbocycles. The molecule has 0 saturated heterocycles. The normalized spacial score (nSPS) is 20.6. The minimum Gasteiger partial charge on any atom is -0.495 e. The predicted octanol–water partition coefficient (Wildman–Crippen LogP) is 2.81. The molecule has 0 aliphatic carbocycles. The fraction of sp³-hybridized carbons (Fsp3) is 0.333. The molecule has 6 heteroatoms. The highest BCUT2D eigenvalue weighted by atomic mass is 32.2. The number of methoxy groups -OCH3 is 1. The van der Waals surface area contributed by atoms with E-state index in [0.29, 0.717) is 23.4 Å². The van der Waals surface area contributed by atoms with E-state index in [0.717, 1.165) is 5.56 Å². The second-order valence-corrected chi connectivity index (χ2v) is 8.10. The number of aliphatic hydroxyl groups is 1. The van der Waals surface area contributed by atoms with Crippen molar-refractivity contribution in [3.63, 3.8) is 0 Å². The van der Waals surface area contributed by atoms with Gasteiger partial charge in [0.05, 0.1) is 18.4 Å². The summed E-state index contributed by atoms with van der Waals surface area (Å²) in [6.07, 6.45) is 0.331.